The quantitative estimate of drug-likeness (QED) is 0.772. The maximum atomic E-state index is 12.3. The fourth-order valence-corrected chi connectivity index (χ4v) is 3.28. The van der Waals surface area contributed by atoms with E-state index in [1.165, 1.54) is 5.69 Å². The Hall–Kier alpha value is -3.09. The molecule has 0 bridgehead atoms. The Balaban J connectivity index is 1.43. The molecule has 3 aromatic rings. The highest BCUT2D eigenvalue weighted by molar-refractivity contribution is 5.88. The van der Waals surface area contributed by atoms with Crippen LogP contribution in [0.1, 0.15) is 30.1 Å². The third-order valence-electron chi connectivity index (χ3n) is 4.53. The van der Waals surface area contributed by atoms with Crippen molar-refractivity contribution in [3.05, 3.63) is 60.0 Å². The van der Waals surface area contributed by atoms with E-state index in [2.05, 4.69) is 20.8 Å². The minimum Gasteiger partial charge on any atom is -0.331 e. The molecule has 25 heavy (non-hydrogen) atoms. The van der Waals surface area contributed by atoms with Gasteiger partial charge in [0.25, 0.3) is 0 Å². The number of aromatic nitrogens is 4. The van der Waals surface area contributed by atoms with Crippen molar-refractivity contribution in [1.82, 2.24) is 24.9 Å². The first-order chi connectivity index (χ1) is 12.2. The van der Waals surface area contributed by atoms with Crippen molar-refractivity contribution < 1.29 is 4.79 Å². The van der Waals surface area contributed by atoms with Crippen LogP contribution in [0.5, 0.6) is 0 Å². The van der Waals surface area contributed by atoms with Crippen molar-refractivity contribution in [3.8, 4) is 5.69 Å². The van der Waals surface area contributed by atoms with Crippen molar-refractivity contribution in [2.75, 3.05) is 5.32 Å². The van der Waals surface area contributed by atoms with Crippen LogP contribution in [-0.4, -0.2) is 25.6 Å². The number of hydrogen-bond acceptors (Lipinski definition) is 3. The number of fused-ring (bicyclic) bond motifs is 1. The van der Waals surface area contributed by atoms with E-state index in [9.17, 15) is 4.79 Å². The first kappa shape index (κ1) is 15.4. The molecule has 7 nitrogen and oxygen atoms in total. The van der Waals surface area contributed by atoms with E-state index in [0.717, 1.165) is 30.5 Å². The Morgan fingerprint density at radius 2 is 2.08 bits per heavy atom. The van der Waals surface area contributed by atoms with Gasteiger partial charge in [0.2, 0.25) is 0 Å². The van der Waals surface area contributed by atoms with Gasteiger partial charge < -0.3 is 5.32 Å². The van der Waals surface area contributed by atoms with E-state index in [-0.39, 0.29) is 12.1 Å². The summed E-state index contributed by atoms with van der Waals surface area (Å²) in [5.74, 6) is 0.517. The Morgan fingerprint density at radius 1 is 1.24 bits per heavy atom. The zero-order valence-corrected chi connectivity index (χ0v) is 14.0. The third-order valence-corrected chi connectivity index (χ3v) is 4.53. The molecule has 2 heterocycles. The summed E-state index contributed by atoms with van der Waals surface area (Å²) in [6.07, 6.45) is 6.64. The lowest BCUT2D eigenvalue weighted by Gasteiger charge is -2.23. The van der Waals surface area contributed by atoms with Gasteiger partial charge in [0, 0.05) is 30.6 Å². The van der Waals surface area contributed by atoms with Crippen LogP contribution in [-0.2, 0) is 13.5 Å². The van der Waals surface area contributed by atoms with E-state index < -0.39 is 0 Å². The second-order valence-electron chi connectivity index (χ2n) is 6.19. The molecule has 2 aromatic heterocycles. The van der Waals surface area contributed by atoms with E-state index in [1.54, 1.807) is 10.7 Å². The van der Waals surface area contributed by atoms with Crippen molar-refractivity contribution in [3.63, 3.8) is 0 Å². The maximum absolute atomic E-state index is 12.3. The Kier molecular flexibility index (Phi) is 3.97. The second kappa shape index (κ2) is 6.43. The molecule has 0 aliphatic heterocycles. The lowest BCUT2D eigenvalue weighted by Crippen LogP contribution is -2.34. The van der Waals surface area contributed by atoms with Crippen molar-refractivity contribution in [1.29, 1.82) is 0 Å². The van der Waals surface area contributed by atoms with Gasteiger partial charge in [-0.3, -0.25) is 10.00 Å². The highest BCUT2D eigenvalue weighted by atomic mass is 16.2. The van der Waals surface area contributed by atoms with E-state index in [0.29, 0.717) is 5.82 Å². The lowest BCUT2D eigenvalue weighted by atomic mass is 9.93. The number of nitrogens with zero attached hydrogens (tertiary/aromatic N) is 4. The van der Waals surface area contributed by atoms with Gasteiger partial charge in [0.05, 0.1) is 17.9 Å². The number of nitrogens with one attached hydrogen (secondary N) is 2. The molecular formula is C18H20N6O. The smallest absolute Gasteiger partial charge is 0.320 e. The van der Waals surface area contributed by atoms with Crippen LogP contribution in [0.2, 0.25) is 0 Å². The summed E-state index contributed by atoms with van der Waals surface area (Å²) in [4.78, 5) is 12.3. The molecule has 0 saturated heterocycles. The summed E-state index contributed by atoms with van der Waals surface area (Å²) in [6, 6.07) is 11.3. The van der Waals surface area contributed by atoms with Crippen molar-refractivity contribution >= 4 is 11.8 Å². The molecule has 2 N–H and O–H groups in total. The van der Waals surface area contributed by atoms with Crippen LogP contribution in [0, 0.1) is 0 Å². The molecule has 128 valence electrons. The SMILES string of the molecule is Cn1ncc2c1CCC[C@H]2NC(=O)Nc1ccn(-c2ccccc2)n1. The molecular weight excluding hydrogens is 316 g/mol. The predicted molar refractivity (Wildman–Crippen MR) is 94.6 cm³/mol. The van der Waals surface area contributed by atoms with Gasteiger partial charge in [-0.1, -0.05) is 18.2 Å². The Labute approximate surface area is 145 Å². The molecule has 0 fully saturated rings. The van der Waals surface area contributed by atoms with Gasteiger partial charge in [-0.05, 0) is 31.4 Å². The first-order valence-electron chi connectivity index (χ1n) is 8.40. The summed E-state index contributed by atoms with van der Waals surface area (Å²) < 4.78 is 3.62. The molecule has 4 rings (SSSR count). The molecule has 0 radical (unpaired) electrons. The third kappa shape index (κ3) is 3.13. The summed E-state index contributed by atoms with van der Waals surface area (Å²) >= 11 is 0. The fourth-order valence-electron chi connectivity index (χ4n) is 3.28. The average molecular weight is 336 g/mol. The summed E-state index contributed by atoms with van der Waals surface area (Å²) in [7, 11) is 1.94. The van der Waals surface area contributed by atoms with Crippen LogP contribution in [0.25, 0.3) is 5.69 Å². The van der Waals surface area contributed by atoms with Gasteiger partial charge in [-0.15, -0.1) is 5.10 Å². The maximum Gasteiger partial charge on any atom is 0.320 e. The zero-order chi connectivity index (χ0) is 17.2. The van der Waals surface area contributed by atoms with Crippen LogP contribution >= 0.6 is 0 Å². The number of rotatable bonds is 3. The number of carbonyl (C=O) groups is 1. The predicted octanol–water partition coefficient (Wildman–Crippen LogP) is 2.80. The standard InChI is InChI=1S/C18H20N6O/c1-23-16-9-5-8-15(14(16)12-19-23)20-18(25)21-17-10-11-24(22-17)13-6-3-2-4-7-13/h2-4,6-7,10-12,15H,5,8-9H2,1H3,(H2,20,21,22,25)/t15-/m1/s1. The molecule has 1 aromatic carbocycles. The number of para-hydroxylation sites is 1. The molecule has 0 spiro atoms. The first-order valence-corrected chi connectivity index (χ1v) is 8.40. The van der Waals surface area contributed by atoms with Gasteiger partial charge >= 0.3 is 6.03 Å². The van der Waals surface area contributed by atoms with Crippen LogP contribution in [0.15, 0.2) is 48.8 Å². The Morgan fingerprint density at radius 3 is 2.92 bits per heavy atom. The molecule has 1 atom stereocenters. The zero-order valence-electron chi connectivity index (χ0n) is 14.0. The van der Waals surface area contributed by atoms with Gasteiger partial charge in [-0.2, -0.15) is 5.10 Å². The number of anilines is 1. The fraction of sp³-hybridized carbons (Fsp3) is 0.278. The summed E-state index contributed by atoms with van der Waals surface area (Å²) in [5, 5.41) is 14.5. The Bertz CT molecular complexity index is 882. The number of aryl methyl sites for hydroxylation is 1. The molecule has 7 heteroatoms. The number of urea groups is 1. The van der Waals surface area contributed by atoms with Crippen LogP contribution < -0.4 is 10.6 Å². The molecule has 2 amide bonds. The largest absolute Gasteiger partial charge is 0.331 e. The van der Waals surface area contributed by atoms with E-state index >= 15 is 0 Å². The van der Waals surface area contributed by atoms with Crippen LogP contribution in [0.4, 0.5) is 10.6 Å². The van der Waals surface area contributed by atoms with Gasteiger partial charge in [-0.25, -0.2) is 9.48 Å². The second-order valence-corrected chi connectivity index (χ2v) is 6.19. The highest BCUT2D eigenvalue weighted by Crippen LogP contribution is 2.29. The summed E-state index contributed by atoms with van der Waals surface area (Å²) in [6.45, 7) is 0. The molecule has 0 saturated carbocycles. The number of hydrogen-bond donors (Lipinski definition) is 2. The number of benzene rings is 1. The molecule has 1 aliphatic rings. The topological polar surface area (TPSA) is 76.8 Å². The van der Waals surface area contributed by atoms with Crippen molar-refractivity contribution in [2.45, 2.75) is 25.3 Å². The van der Waals surface area contributed by atoms with Gasteiger partial charge in [0.15, 0.2) is 5.82 Å². The normalized spacial score (nSPS) is 16.3. The highest BCUT2D eigenvalue weighted by Gasteiger charge is 2.24. The van der Waals surface area contributed by atoms with Gasteiger partial charge in [0.1, 0.15) is 0 Å². The summed E-state index contributed by atoms with van der Waals surface area (Å²) in [5.41, 5.74) is 3.26. The van der Waals surface area contributed by atoms with Crippen LogP contribution in [0.3, 0.4) is 0 Å². The minimum atomic E-state index is -0.250. The lowest BCUT2D eigenvalue weighted by molar-refractivity contribution is 0.247. The molecule has 0 unspecified atom stereocenters. The van der Waals surface area contributed by atoms with E-state index in [4.69, 9.17) is 0 Å². The average Bonchev–Trinajstić information content (AvgIpc) is 3.24. The monoisotopic (exact) mass is 336 g/mol. The number of carbonyl (C=O) groups excluding carboxylic acids is 1. The number of amides is 2. The minimum absolute atomic E-state index is 0.00587. The molecule has 1 aliphatic carbocycles. The van der Waals surface area contributed by atoms with E-state index in [1.807, 2.05) is 54.5 Å². The van der Waals surface area contributed by atoms with Crippen molar-refractivity contribution in [2.24, 2.45) is 7.05 Å².